The van der Waals surface area contributed by atoms with Gasteiger partial charge in [-0.1, -0.05) is 24.3 Å². The lowest BCUT2D eigenvalue weighted by atomic mass is 10.1. The molecule has 0 fully saturated rings. The molecule has 0 aromatic heterocycles. The summed E-state index contributed by atoms with van der Waals surface area (Å²) in [5.41, 5.74) is -1.16. The number of halogens is 3. The molecular formula is C19H13F3N2O3. The Morgan fingerprint density at radius 1 is 1.11 bits per heavy atom. The minimum absolute atomic E-state index is 0.275. The second kappa shape index (κ2) is 8.19. The highest BCUT2D eigenvalue weighted by Gasteiger charge is 2.33. The predicted molar refractivity (Wildman–Crippen MR) is 91.4 cm³/mol. The molecule has 0 spiro atoms. The van der Waals surface area contributed by atoms with E-state index in [1.165, 1.54) is 49.6 Å². The largest absolute Gasteiger partial charge is 0.465 e. The van der Waals surface area contributed by atoms with Crippen molar-refractivity contribution in [1.82, 2.24) is 0 Å². The Balaban J connectivity index is 2.26. The van der Waals surface area contributed by atoms with Gasteiger partial charge in [0.15, 0.2) is 0 Å². The molecule has 2 aromatic carbocycles. The molecule has 0 aliphatic heterocycles. The molecule has 1 N–H and O–H groups in total. The Bertz CT molecular complexity index is 926. The fourth-order valence-corrected chi connectivity index (χ4v) is 2.18. The van der Waals surface area contributed by atoms with Crippen molar-refractivity contribution in [3.05, 3.63) is 70.8 Å². The topological polar surface area (TPSA) is 79.2 Å². The molecule has 5 nitrogen and oxygen atoms in total. The van der Waals surface area contributed by atoms with Gasteiger partial charge >= 0.3 is 12.1 Å². The highest BCUT2D eigenvalue weighted by molar-refractivity contribution is 6.10. The number of anilines is 1. The van der Waals surface area contributed by atoms with Crippen molar-refractivity contribution in [2.45, 2.75) is 6.18 Å². The SMILES string of the molecule is COC(=O)c1ccc(/C=C(\C#N)C(=O)Nc2ccccc2C(F)(F)F)cc1. The molecule has 2 aromatic rings. The van der Waals surface area contributed by atoms with Crippen LogP contribution in [0.5, 0.6) is 0 Å². The standard InChI is InChI=1S/C19H13F3N2O3/c1-27-18(26)13-8-6-12(7-9-13)10-14(11-23)17(25)24-16-5-3-2-4-15(16)19(20,21)22/h2-10H,1H3,(H,24,25)/b14-10+. The van der Waals surface area contributed by atoms with Gasteiger partial charge in [0.2, 0.25) is 0 Å². The molecule has 0 saturated heterocycles. The van der Waals surface area contributed by atoms with Crippen LogP contribution in [0.15, 0.2) is 54.1 Å². The van der Waals surface area contributed by atoms with E-state index in [2.05, 4.69) is 10.1 Å². The fourth-order valence-electron chi connectivity index (χ4n) is 2.18. The van der Waals surface area contributed by atoms with Gasteiger partial charge in [-0.2, -0.15) is 18.4 Å². The quantitative estimate of drug-likeness (QED) is 0.498. The Labute approximate surface area is 152 Å². The van der Waals surface area contributed by atoms with Crippen LogP contribution in [0, 0.1) is 11.3 Å². The van der Waals surface area contributed by atoms with Crippen LogP contribution in [0.3, 0.4) is 0 Å². The highest BCUT2D eigenvalue weighted by Crippen LogP contribution is 2.34. The number of rotatable bonds is 4. The van der Waals surface area contributed by atoms with Crippen molar-refractivity contribution in [3.8, 4) is 6.07 Å². The van der Waals surface area contributed by atoms with Crippen LogP contribution in [0.25, 0.3) is 6.08 Å². The number of nitrogens with zero attached hydrogens (tertiary/aromatic N) is 1. The van der Waals surface area contributed by atoms with Crippen molar-refractivity contribution in [2.24, 2.45) is 0 Å². The Kier molecular flexibility index (Phi) is 5.98. The first-order valence-corrected chi connectivity index (χ1v) is 7.54. The van der Waals surface area contributed by atoms with E-state index in [0.29, 0.717) is 5.56 Å². The summed E-state index contributed by atoms with van der Waals surface area (Å²) >= 11 is 0. The number of carbonyl (C=O) groups excluding carboxylic acids is 2. The molecule has 8 heteroatoms. The summed E-state index contributed by atoms with van der Waals surface area (Å²) in [5, 5.41) is 11.3. The van der Waals surface area contributed by atoms with E-state index in [0.717, 1.165) is 12.1 Å². The Hall–Kier alpha value is -3.60. The van der Waals surface area contributed by atoms with E-state index in [9.17, 15) is 28.0 Å². The minimum atomic E-state index is -4.65. The number of carbonyl (C=O) groups is 2. The van der Waals surface area contributed by atoms with E-state index in [1.54, 1.807) is 6.07 Å². The average Bonchev–Trinajstić information content (AvgIpc) is 2.65. The summed E-state index contributed by atoms with van der Waals surface area (Å²) in [6.07, 6.45) is -3.45. The van der Waals surface area contributed by atoms with Gasteiger partial charge < -0.3 is 10.1 Å². The number of methoxy groups -OCH3 is 1. The number of amides is 1. The average molecular weight is 374 g/mol. The maximum absolute atomic E-state index is 13.0. The van der Waals surface area contributed by atoms with Crippen LogP contribution < -0.4 is 5.32 Å². The van der Waals surface area contributed by atoms with E-state index in [4.69, 9.17) is 0 Å². The van der Waals surface area contributed by atoms with Gasteiger partial charge in [0.25, 0.3) is 5.91 Å². The van der Waals surface area contributed by atoms with Crippen LogP contribution in [-0.2, 0) is 15.7 Å². The zero-order valence-corrected chi connectivity index (χ0v) is 14.0. The number of benzene rings is 2. The highest BCUT2D eigenvalue weighted by atomic mass is 19.4. The predicted octanol–water partition coefficient (Wildman–Crippen LogP) is 4.04. The van der Waals surface area contributed by atoms with Crippen molar-refractivity contribution >= 4 is 23.6 Å². The molecule has 0 atom stereocenters. The zero-order chi connectivity index (χ0) is 20.0. The Morgan fingerprint density at radius 2 is 1.74 bits per heavy atom. The van der Waals surface area contributed by atoms with E-state index >= 15 is 0 Å². The normalized spacial score (nSPS) is 11.4. The molecule has 0 bridgehead atoms. The van der Waals surface area contributed by atoms with Gasteiger partial charge in [-0.25, -0.2) is 4.79 Å². The smallest absolute Gasteiger partial charge is 0.418 e. The number of ether oxygens (including phenoxy) is 1. The molecule has 2 rings (SSSR count). The molecule has 1 amide bonds. The summed E-state index contributed by atoms with van der Waals surface area (Å²) in [4.78, 5) is 23.6. The summed E-state index contributed by atoms with van der Waals surface area (Å²) in [6, 6.07) is 11.9. The first-order valence-electron chi connectivity index (χ1n) is 7.54. The summed E-state index contributed by atoms with van der Waals surface area (Å²) in [7, 11) is 1.23. The first-order chi connectivity index (χ1) is 12.8. The number of nitrogens with one attached hydrogen (secondary N) is 1. The van der Waals surface area contributed by atoms with E-state index < -0.39 is 34.9 Å². The van der Waals surface area contributed by atoms with Gasteiger partial charge in [-0.05, 0) is 35.9 Å². The second-order valence-electron chi connectivity index (χ2n) is 5.28. The molecule has 0 saturated carbocycles. The van der Waals surface area contributed by atoms with Crippen LogP contribution in [-0.4, -0.2) is 19.0 Å². The molecule has 0 aliphatic rings. The molecule has 0 heterocycles. The second-order valence-corrected chi connectivity index (χ2v) is 5.28. The third kappa shape index (κ3) is 4.95. The Morgan fingerprint density at radius 3 is 2.30 bits per heavy atom. The van der Waals surface area contributed by atoms with Gasteiger partial charge in [0, 0.05) is 0 Å². The molecule has 0 unspecified atom stereocenters. The molecule has 0 aliphatic carbocycles. The van der Waals surface area contributed by atoms with E-state index in [1.807, 2.05) is 0 Å². The number of hydrogen-bond acceptors (Lipinski definition) is 4. The lowest BCUT2D eigenvalue weighted by Crippen LogP contribution is -2.17. The summed E-state index contributed by atoms with van der Waals surface area (Å²) in [6.45, 7) is 0. The lowest BCUT2D eigenvalue weighted by molar-refractivity contribution is -0.137. The third-order valence-corrected chi connectivity index (χ3v) is 3.49. The fraction of sp³-hybridized carbons (Fsp3) is 0.105. The number of alkyl halides is 3. The lowest BCUT2D eigenvalue weighted by Gasteiger charge is -2.13. The van der Waals surface area contributed by atoms with Gasteiger partial charge in [0.1, 0.15) is 11.6 Å². The van der Waals surface area contributed by atoms with Crippen molar-refractivity contribution in [1.29, 1.82) is 5.26 Å². The molecular weight excluding hydrogens is 361 g/mol. The van der Waals surface area contributed by atoms with Gasteiger partial charge in [-0.15, -0.1) is 0 Å². The van der Waals surface area contributed by atoms with E-state index in [-0.39, 0.29) is 5.56 Å². The maximum atomic E-state index is 13.0. The number of esters is 1. The molecule has 0 radical (unpaired) electrons. The summed E-state index contributed by atoms with van der Waals surface area (Å²) < 4.78 is 43.5. The van der Waals surface area contributed by atoms with Crippen molar-refractivity contribution in [2.75, 3.05) is 12.4 Å². The first kappa shape index (κ1) is 19.7. The van der Waals surface area contributed by atoms with Crippen LogP contribution in [0.2, 0.25) is 0 Å². The van der Waals surface area contributed by atoms with Crippen LogP contribution in [0.4, 0.5) is 18.9 Å². The van der Waals surface area contributed by atoms with Crippen LogP contribution in [0.1, 0.15) is 21.5 Å². The van der Waals surface area contributed by atoms with Gasteiger partial charge in [-0.3, -0.25) is 4.79 Å². The summed E-state index contributed by atoms with van der Waals surface area (Å²) in [5.74, 6) is -1.53. The van der Waals surface area contributed by atoms with Crippen LogP contribution >= 0.6 is 0 Å². The molecule has 138 valence electrons. The number of nitriles is 1. The van der Waals surface area contributed by atoms with Crippen molar-refractivity contribution < 1.29 is 27.5 Å². The minimum Gasteiger partial charge on any atom is -0.465 e. The number of hydrogen-bond donors (Lipinski definition) is 1. The molecule has 27 heavy (non-hydrogen) atoms. The van der Waals surface area contributed by atoms with Crippen molar-refractivity contribution in [3.63, 3.8) is 0 Å². The zero-order valence-electron chi connectivity index (χ0n) is 14.0. The third-order valence-electron chi connectivity index (χ3n) is 3.49. The maximum Gasteiger partial charge on any atom is 0.418 e. The monoisotopic (exact) mass is 374 g/mol. The number of para-hydroxylation sites is 1. The van der Waals surface area contributed by atoms with Gasteiger partial charge in [0.05, 0.1) is 23.9 Å².